The zero-order chi connectivity index (χ0) is 15.2. The summed E-state index contributed by atoms with van der Waals surface area (Å²) >= 11 is 0. The Morgan fingerprint density at radius 3 is 2.50 bits per heavy atom. The highest BCUT2D eigenvalue weighted by Crippen LogP contribution is 2.25. The zero-order valence-corrected chi connectivity index (χ0v) is 12.8. The average molecular weight is 321 g/mol. The van der Waals surface area contributed by atoms with Crippen molar-refractivity contribution < 1.29 is 21.2 Å². The molecule has 5 nitrogen and oxygen atoms in total. The summed E-state index contributed by atoms with van der Waals surface area (Å²) in [5.74, 6) is -0.904. The molecule has 0 radical (unpaired) electrons. The van der Waals surface area contributed by atoms with E-state index >= 15 is 0 Å². The molecule has 1 aliphatic heterocycles. The highest BCUT2D eigenvalue weighted by Gasteiger charge is 2.41. The topological polar surface area (TPSA) is 80.3 Å². The van der Waals surface area contributed by atoms with Gasteiger partial charge in [0, 0.05) is 5.54 Å². The Morgan fingerprint density at radius 1 is 1.35 bits per heavy atom. The van der Waals surface area contributed by atoms with Gasteiger partial charge in [-0.05, 0) is 38.0 Å². The van der Waals surface area contributed by atoms with E-state index in [0.717, 1.165) is 6.07 Å². The van der Waals surface area contributed by atoms with Crippen molar-refractivity contribution in [3.05, 3.63) is 29.6 Å². The monoisotopic (exact) mass is 321 g/mol. The zero-order valence-electron chi connectivity index (χ0n) is 11.2. The highest BCUT2D eigenvalue weighted by molar-refractivity contribution is 7.92. The molecule has 0 aliphatic carbocycles. The molecule has 1 saturated heterocycles. The van der Waals surface area contributed by atoms with Crippen LogP contribution in [0.4, 0.5) is 4.39 Å². The Bertz CT molecular complexity index is 743. The van der Waals surface area contributed by atoms with Crippen LogP contribution in [0.2, 0.25) is 0 Å². The van der Waals surface area contributed by atoms with Crippen molar-refractivity contribution in [2.75, 3.05) is 11.5 Å². The van der Waals surface area contributed by atoms with Gasteiger partial charge in [0.1, 0.15) is 5.82 Å². The number of hydrogen-bond donors (Lipinski definition) is 1. The summed E-state index contributed by atoms with van der Waals surface area (Å²) < 4.78 is 63.2. The van der Waals surface area contributed by atoms with Crippen LogP contribution in [0.5, 0.6) is 0 Å². The van der Waals surface area contributed by atoms with Gasteiger partial charge in [0.2, 0.25) is 10.0 Å². The fourth-order valence-corrected chi connectivity index (χ4v) is 5.85. The minimum Gasteiger partial charge on any atom is -0.229 e. The molecule has 1 heterocycles. The van der Waals surface area contributed by atoms with E-state index in [4.69, 9.17) is 0 Å². The van der Waals surface area contributed by atoms with E-state index in [1.54, 1.807) is 6.92 Å². The van der Waals surface area contributed by atoms with Crippen LogP contribution >= 0.6 is 0 Å². The third kappa shape index (κ3) is 3.18. The molecule has 0 spiro atoms. The van der Waals surface area contributed by atoms with Crippen LogP contribution in [-0.4, -0.2) is 33.9 Å². The van der Waals surface area contributed by atoms with E-state index in [1.807, 2.05) is 0 Å². The van der Waals surface area contributed by atoms with E-state index in [2.05, 4.69) is 4.72 Å². The molecular weight excluding hydrogens is 305 g/mol. The van der Waals surface area contributed by atoms with Gasteiger partial charge in [0.15, 0.2) is 9.84 Å². The van der Waals surface area contributed by atoms with E-state index in [9.17, 15) is 21.2 Å². The second kappa shape index (κ2) is 4.78. The molecule has 0 amide bonds. The van der Waals surface area contributed by atoms with Crippen LogP contribution < -0.4 is 4.72 Å². The standard InChI is InChI=1S/C12H16FNO4S2/c1-9-3-4-10(7-11(9)13)20(17,18)14-12(2)5-6-19(15,16)8-12/h3-4,7,14H,5-6,8H2,1-2H3. The number of sulfone groups is 1. The summed E-state index contributed by atoms with van der Waals surface area (Å²) in [7, 11) is -7.17. The first-order valence-corrected chi connectivity index (χ1v) is 9.34. The maximum absolute atomic E-state index is 13.5. The maximum atomic E-state index is 13.5. The quantitative estimate of drug-likeness (QED) is 0.900. The van der Waals surface area contributed by atoms with Gasteiger partial charge >= 0.3 is 0 Å². The number of sulfonamides is 1. The maximum Gasteiger partial charge on any atom is 0.241 e. The van der Waals surface area contributed by atoms with Crippen molar-refractivity contribution in [3.8, 4) is 0 Å². The number of hydrogen-bond acceptors (Lipinski definition) is 4. The summed E-state index contributed by atoms with van der Waals surface area (Å²) in [6, 6.07) is 3.61. The van der Waals surface area contributed by atoms with Crippen LogP contribution in [0.25, 0.3) is 0 Å². The molecule has 1 N–H and O–H groups in total. The molecule has 1 atom stereocenters. The molecule has 0 bridgehead atoms. The Hall–Kier alpha value is -0.990. The fraction of sp³-hybridized carbons (Fsp3) is 0.500. The molecule has 8 heteroatoms. The van der Waals surface area contributed by atoms with E-state index in [0.29, 0.717) is 5.56 Å². The van der Waals surface area contributed by atoms with Crippen molar-refractivity contribution >= 4 is 19.9 Å². The van der Waals surface area contributed by atoms with Crippen molar-refractivity contribution in [1.29, 1.82) is 0 Å². The van der Waals surface area contributed by atoms with Crippen LogP contribution in [0.15, 0.2) is 23.1 Å². The van der Waals surface area contributed by atoms with Gasteiger partial charge < -0.3 is 0 Å². The predicted molar refractivity (Wildman–Crippen MR) is 73.1 cm³/mol. The first kappa shape index (κ1) is 15.4. The Kier molecular flexibility index (Phi) is 3.68. The van der Waals surface area contributed by atoms with Gasteiger partial charge in [0.05, 0.1) is 16.4 Å². The second-order valence-corrected chi connectivity index (χ2v) is 9.29. The van der Waals surface area contributed by atoms with Gasteiger partial charge in [-0.15, -0.1) is 0 Å². The molecule has 1 aliphatic rings. The Balaban J connectivity index is 2.30. The average Bonchev–Trinajstić information content (AvgIpc) is 2.55. The molecule has 1 unspecified atom stereocenters. The lowest BCUT2D eigenvalue weighted by molar-refractivity contribution is 0.461. The van der Waals surface area contributed by atoms with E-state index < -0.39 is 31.2 Å². The van der Waals surface area contributed by atoms with Crippen molar-refractivity contribution in [2.45, 2.75) is 30.7 Å². The first-order valence-electron chi connectivity index (χ1n) is 6.04. The smallest absolute Gasteiger partial charge is 0.229 e. The van der Waals surface area contributed by atoms with Gasteiger partial charge in [-0.3, -0.25) is 0 Å². The van der Waals surface area contributed by atoms with Gasteiger partial charge in [-0.2, -0.15) is 0 Å². The number of benzene rings is 1. The summed E-state index contributed by atoms with van der Waals surface area (Å²) in [6.45, 7) is 3.07. The summed E-state index contributed by atoms with van der Waals surface area (Å²) in [6.07, 6.45) is 0.211. The summed E-state index contributed by atoms with van der Waals surface area (Å²) in [5.41, 5.74) is -0.697. The van der Waals surface area contributed by atoms with Crippen LogP contribution in [-0.2, 0) is 19.9 Å². The lowest BCUT2D eigenvalue weighted by atomic mass is 10.0. The number of halogens is 1. The summed E-state index contributed by atoms with van der Waals surface area (Å²) in [4.78, 5) is -0.203. The van der Waals surface area contributed by atoms with Crippen molar-refractivity contribution in [1.82, 2.24) is 4.72 Å². The highest BCUT2D eigenvalue weighted by atomic mass is 32.2. The van der Waals surface area contributed by atoms with Crippen LogP contribution in [0.3, 0.4) is 0 Å². The molecule has 0 saturated carbocycles. The second-order valence-electron chi connectivity index (χ2n) is 5.42. The SMILES string of the molecule is Cc1ccc(S(=O)(=O)NC2(C)CCS(=O)(=O)C2)cc1F. The third-order valence-corrected chi connectivity index (χ3v) is 6.88. The largest absolute Gasteiger partial charge is 0.241 e. The number of nitrogens with one attached hydrogen (secondary N) is 1. The van der Waals surface area contributed by atoms with Crippen LogP contribution in [0, 0.1) is 12.7 Å². The number of rotatable bonds is 3. The van der Waals surface area contributed by atoms with Gasteiger partial charge in [0.25, 0.3) is 0 Å². The molecule has 20 heavy (non-hydrogen) atoms. The molecule has 2 rings (SSSR count). The van der Waals surface area contributed by atoms with Crippen molar-refractivity contribution in [2.24, 2.45) is 0 Å². The minimum absolute atomic E-state index is 0.0473. The lowest BCUT2D eigenvalue weighted by Gasteiger charge is -2.23. The third-order valence-electron chi connectivity index (χ3n) is 3.34. The lowest BCUT2D eigenvalue weighted by Crippen LogP contribution is -2.46. The summed E-state index contributed by atoms with van der Waals surface area (Å²) in [5, 5.41) is 0. The number of aryl methyl sites for hydroxylation is 1. The Labute approximate surface area is 118 Å². The van der Waals surface area contributed by atoms with E-state index in [1.165, 1.54) is 19.1 Å². The Morgan fingerprint density at radius 2 is 2.00 bits per heavy atom. The van der Waals surface area contributed by atoms with Gasteiger partial charge in [-0.25, -0.2) is 25.9 Å². The first-order chi connectivity index (χ1) is 9.03. The normalized spacial score (nSPS) is 25.8. The molecule has 112 valence electrons. The molecule has 1 aromatic carbocycles. The molecule has 1 aromatic rings. The van der Waals surface area contributed by atoms with Crippen LogP contribution in [0.1, 0.15) is 18.9 Å². The molecule has 0 aromatic heterocycles. The molecule has 1 fully saturated rings. The molecular formula is C12H16FNO4S2. The minimum atomic E-state index is -3.95. The fourth-order valence-electron chi connectivity index (χ4n) is 2.22. The predicted octanol–water partition coefficient (Wildman–Crippen LogP) is 0.990. The van der Waals surface area contributed by atoms with Gasteiger partial charge in [-0.1, -0.05) is 6.07 Å². The van der Waals surface area contributed by atoms with Crippen molar-refractivity contribution in [3.63, 3.8) is 0 Å². The van der Waals surface area contributed by atoms with E-state index in [-0.39, 0.29) is 22.8 Å².